The highest BCUT2D eigenvalue weighted by Gasteiger charge is 2.25. The molecule has 1 N–H and O–H groups in total. The molecule has 0 radical (unpaired) electrons. The van der Waals surface area contributed by atoms with Crippen LogP contribution in [0.3, 0.4) is 0 Å². The molecule has 1 atom stereocenters. The number of nitrogens with one attached hydrogen (secondary N) is 1. The van der Waals surface area contributed by atoms with Crippen molar-refractivity contribution in [3.63, 3.8) is 0 Å². The summed E-state index contributed by atoms with van der Waals surface area (Å²) >= 11 is 5.93. The molecule has 0 aliphatic heterocycles. The minimum absolute atomic E-state index is 0.112. The van der Waals surface area contributed by atoms with Gasteiger partial charge in [0.05, 0.1) is 12.6 Å². The Morgan fingerprint density at radius 1 is 1.25 bits per heavy atom. The first-order valence-corrected chi connectivity index (χ1v) is 9.26. The van der Waals surface area contributed by atoms with Gasteiger partial charge in [-0.15, -0.1) is 0 Å². The van der Waals surface area contributed by atoms with Gasteiger partial charge in [0.2, 0.25) is 5.89 Å². The van der Waals surface area contributed by atoms with E-state index in [-0.39, 0.29) is 24.7 Å². The average Bonchev–Trinajstić information content (AvgIpc) is 3.03. The lowest BCUT2D eigenvalue weighted by Gasteiger charge is -2.22. The largest absolute Gasteiger partial charge is 0.466 e. The number of ether oxygens (including phenoxy) is 2. The van der Waals surface area contributed by atoms with Gasteiger partial charge in [0.1, 0.15) is 12.0 Å². The fourth-order valence-electron chi connectivity index (χ4n) is 2.33. The van der Waals surface area contributed by atoms with Crippen LogP contribution in [0.1, 0.15) is 51.0 Å². The van der Waals surface area contributed by atoms with Gasteiger partial charge >= 0.3 is 12.1 Å². The Hall–Kier alpha value is -2.61. The van der Waals surface area contributed by atoms with Gasteiger partial charge in [0.15, 0.2) is 5.82 Å². The van der Waals surface area contributed by atoms with E-state index >= 15 is 0 Å². The zero-order valence-corrected chi connectivity index (χ0v) is 17.1. The van der Waals surface area contributed by atoms with E-state index in [1.165, 1.54) is 0 Å². The van der Waals surface area contributed by atoms with Crippen molar-refractivity contribution in [2.24, 2.45) is 0 Å². The molecule has 1 amide bonds. The van der Waals surface area contributed by atoms with Crippen LogP contribution in [-0.2, 0) is 27.1 Å². The van der Waals surface area contributed by atoms with Crippen molar-refractivity contribution in [3.05, 3.63) is 46.6 Å². The summed E-state index contributed by atoms with van der Waals surface area (Å²) in [5, 5.41) is 7.26. The SMILES string of the molecule is CCOC(=O)Cc1nc([C@H](Cc2ccc(Cl)cc2)NC(=O)OC(C)(C)C)no1. The number of aromatic nitrogens is 2. The molecule has 0 saturated carbocycles. The number of benzene rings is 1. The van der Waals surface area contributed by atoms with Gasteiger partial charge in [-0.05, 0) is 45.4 Å². The standard InChI is InChI=1S/C19H24ClN3O5/c1-5-26-16(24)11-15-22-17(23-28-15)14(21-18(25)27-19(2,3)4)10-12-6-8-13(20)9-7-12/h6-9,14H,5,10-11H2,1-4H3,(H,21,25)/t14-/m0/s1. The maximum absolute atomic E-state index is 12.2. The number of halogens is 1. The van der Waals surface area contributed by atoms with Crippen molar-refractivity contribution in [2.45, 2.75) is 52.2 Å². The number of carbonyl (C=O) groups excluding carboxylic acids is 2. The second-order valence-corrected chi connectivity index (χ2v) is 7.49. The van der Waals surface area contributed by atoms with Crippen LogP contribution in [0, 0.1) is 0 Å². The zero-order chi connectivity index (χ0) is 20.7. The van der Waals surface area contributed by atoms with Crippen LogP contribution in [0.4, 0.5) is 4.79 Å². The summed E-state index contributed by atoms with van der Waals surface area (Å²) in [6.45, 7) is 7.29. The highest BCUT2D eigenvalue weighted by molar-refractivity contribution is 6.30. The Morgan fingerprint density at radius 3 is 2.54 bits per heavy atom. The number of esters is 1. The molecule has 1 heterocycles. The van der Waals surface area contributed by atoms with Crippen molar-refractivity contribution in [3.8, 4) is 0 Å². The molecule has 0 fully saturated rings. The quantitative estimate of drug-likeness (QED) is 0.696. The zero-order valence-electron chi connectivity index (χ0n) is 16.3. The van der Waals surface area contributed by atoms with Crippen molar-refractivity contribution in [2.75, 3.05) is 6.61 Å². The fourth-order valence-corrected chi connectivity index (χ4v) is 2.46. The van der Waals surface area contributed by atoms with E-state index in [9.17, 15) is 9.59 Å². The number of nitrogens with zero attached hydrogens (tertiary/aromatic N) is 2. The molecule has 1 aromatic heterocycles. The van der Waals surface area contributed by atoms with Gasteiger partial charge in [-0.2, -0.15) is 4.98 Å². The van der Waals surface area contributed by atoms with Crippen molar-refractivity contribution in [1.82, 2.24) is 15.5 Å². The minimum atomic E-state index is -0.652. The molecule has 0 aliphatic rings. The summed E-state index contributed by atoms with van der Waals surface area (Å²) in [5.74, 6) is -0.118. The van der Waals surface area contributed by atoms with Crippen LogP contribution in [0.2, 0.25) is 5.02 Å². The first-order chi connectivity index (χ1) is 13.2. The molecule has 0 unspecified atom stereocenters. The van der Waals surface area contributed by atoms with Crippen LogP contribution in [0.15, 0.2) is 28.8 Å². The summed E-state index contributed by atoms with van der Waals surface area (Å²) in [4.78, 5) is 28.1. The van der Waals surface area contributed by atoms with Gasteiger partial charge < -0.3 is 19.3 Å². The minimum Gasteiger partial charge on any atom is -0.466 e. The van der Waals surface area contributed by atoms with E-state index in [4.69, 9.17) is 25.6 Å². The molecule has 1 aromatic carbocycles. The molecule has 0 spiro atoms. The molecule has 9 heteroatoms. The Bertz CT molecular complexity index is 799. The normalized spacial score (nSPS) is 12.3. The summed E-state index contributed by atoms with van der Waals surface area (Å²) in [6.07, 6.45) is -0.362. The Labute approximate surface area is 168 Å². The van der Waals surface area contributed by atoms with E-state index in [1.807, 2.05) is 12.1 Å². The molecular weight excluding hydrogens is 386 g/mol. The van der Waals surface area contributed by atoms with Gasteiger partial charge in [0.25, 0.3) is 0 Å². The van der Waals surface area contributed by atoms with Crippen LogP contribution in [0.5, 0.6) is 0 Å². The van der Waals surface area contributed by atoms with Gasteiger partial charge in [0, 0.05) is 11.4 Å². The van der Waals surface area contributed by atoms with Crippen molar-refractivity contribution >= 4 is 23.7 Å². The number of hydrogen-bond donors (Lipinski definition) is 1. The highest BCUT2D eigenvalue weighted by Crippen LogP contribution is 2.19. The van der Waals surface area contributed by atoms with Crippen LogP contribution in [-0.4, -0.2) is 34.4 Å². The Balaban J connectivity index is 2.17. The average molecular weight is 410 g/mol. The summed E-state index contributed by atoms with van der Waals surface area (Å²) in [6, 6.07) is 6.57. The smallest absolute Gasteiger partial charge is 0.408 e. The number of rotatable bonds is 7. The van der Waals surface area contributed by atoms with Gasteiger partial charge in [-0.1, -0.05) is 28.9 Å². The maximum atomic E-state index is 12.2. The van der Waals surface area contributed by atoms with Crippen LogP contribution < -0.4 is 5.32 Å². The molecular formula is C19H24ClN3O5. The molecule has 8 nitrogen and oxygen atoms in total. The lowest BCUT2D eigenvalue weighted by molar-refractivity contribution is -0.142. The Kier molecular flexibility index (Phi) is 7.39. The molecule has 2 rings (SSSR count). The fraction of sp³-hybridized carbons (Fsp3) is 0.474. The topological polar surface area (TPSA) is 104 Å². The second kappa shape index (κ2) is 9.54. The first-order valence-electron chi connectivity index (χ1n) is 8.88. The summed E-state index contributed by atoms with van der Waals surface area (Å²) < 4.78 is 15.3. The monoisotopic (exact) mass is 409 g/mol. The van der Waals surface area contributed by atoms with E-state index in [0.29, 0.717) is 11.4 Å². The van der Waals surface area contributed by atoms with E-state index < -0.39 is 23.7 Å². The third-order valence-corrected chi connectivity index (χ3v) is 3.69. The maximum Gasteiger partial charge on any atom is 0.408 e. The number of carbonyl (C=O) groups is 2. The molecule has 2 aromatic rings. The molecule has 0 aliphatic carbocycles. The van der Waals surface area contributed by atoms with Crippen LogP contribution >= 0.6 is 11.6 Å². The summed E-state index contributed by atoms with van der Waals surface area (Å²) in [7, 11) is 0. The molecule has 0 saturated heterocycles. The summed E-state index contributed by atoms with van der Waals surface area (Å²) in [5.41, 5.74) is 0.253. The highest BCUT2D eigenvalue weighted by atomic mass is 35.5. The molecule has 152 valence electrons. The number of amides is 1. The van der Waals surface area contributed by atoms with Crippen LogP contribution in [0.25, 0.3) is 0 Å². The van der Waals surface area contributed by atoms with E-state index in [0.717, 1.165) is 5.56 Å². The van der Waals surface area contributed by atoms with E-state index in [2.05, 4.69) is 15.5 Å². The van der Waals surface area contributed by atoms with Crippen molar-refractivity contribution < 1.29 is 23.6 Å². The Morgan fingerprint density at radius 2 is 1.93 bits per heavy atom. The number of alkyl carbamates (subject to hydrolysis) is 1. The predicted molar refractivity (Wildman–Crippen MR) is 102 cm³/mol. The molecule has 28 heavy (non-hydrogen) atoms. The van der Waals surface area contributed by atoms with Gasteiger partial charge in [-0.3, -0.25) is 4.79 Å². The van der Waals surface area contributed by atoms with Crippen molar-refractivity contribution in [1.29, 1.82) is 0 Å². The first kappa shape index (κ1) is 21.7. The third kappa shape index (κ3) is 7.19. The lowest BCUT2D eigenvalue weighted by Crippen LogP contribution is -2.36. The lowest BCUT2D eigenvalue weighted by atomic mass is 10.1. The van der Waals surface area contributed by atoms with Gasteiger partial charge in [-0.25, -0.2) is 4.79 Å². The predicted octanol–water partition coefficient (Wildman–Crippen LogP) is 3.64. The number of hydrogen-bond acceptors (Lipinski definition) is 7. The second-order valence-electron chi connectivity index (χ2n) is 7.06. The molecule has 0 bridgehead atoms. The van der Waals surface area contributed by atoms with E-state index in [1.54, 1.807) is 39.8 Å². The third-order valence-electron chi connectivity index (χ3n) is 3.44.